The van der Waals surface area contributed by atoms with Crippen molar-refractivity contribution in [2.45, 2.75) is 17.3 Å². The van der Waals surface area contributed by atoms with Crippen molar-refractivity contribution in [3.8, 4) is 16.5 Å². The monoisotopic (exact) mass is 360 g/mol. The number of hydrogen-bond donors (Lipinski definition) is 2. The lowest BCUT2D eigenvalue weighted by Crippen LogP contribution is -2.22. The normalized spacial score (nSPS) is 11.9. The Morgan fingerprint density at radius 3 is 3.00 bits per heavy atom. The second-order valence-corrected chi connectivity index (χ2v) is 7.18. The highest BCUT2D eigenvalue weighted by molar-refractivity contribution is 8.00. The van der Waals surface area contributed by atoms with Crippen molar-refractivity contribution in [2.75, 3.05) is 12.4 Å². The van der Waals surface area contributed by atoms with E-state index < -0.39 is 0 Å². The molecule has 3 rings (SSSR count). The van der Waals surface area contributed by atoms with Crippen LogP contribution in [0.4, 0.5) is 5.69 Å². The summed E-state index contributed by atoms with van der Waals surface area (Å²) in [6.07, 6.45) is 0. The highest BCUT2D eigenvalue weighted by Gasteiger charge is 2.18. The Balaban J connectivity index is 1.61. The van der Waals surface area contributed by atoms with Gasteiger partial charge in [0.1, 0.15) is 5.75 Å². The van der Waals surface area contributed by atoms with Gasteiger partial charge >= 0.3 is 0 Å². The van der Waals surface area contributed by atoms with Crippen molar-refractivity contribution in [3.05, 3.63) is 41.8 Å². The van der Waals surface area contributed by atoms with Crippen LogP contribution in [0.2, 0.25) is 0 Å². The molecule has 0 aliphatic rings. The van der Waals surface area contributed by atoms with E-state index in [2.05, 4.69) is 20.5 Å². The lowest BCUT2D eigenvalue weighted by atomic mass is 10.3. The number of rotatable bonds is 6. The first kappa shape index (κ1) is 16.5. The van der Waals surface area contributed by atoms with Crippen molar-refractivity contribution in [2.24, 2.45) is 0 Å². The molecular formula is C16H16N4O2S2. The van der Waals surface area contributed by atoms with Gasteiger partial charge in [-0.1, -0.05) is 23.9 Å². The number of amides is 1. The van der Waals surface area contributed by atoms with Crippen LogP contribution in [0.15, 0.2) is 46.9 Å². The molecule has 8 heteroatoms. The van der Waals surface area contributed by atoms with Crippen LogP contribution < -0.4 is 10.1 Å². The van der Waals surface area contributed by atoms with Crippen LogP contribution >= 0.6 is 23.1 Å². The Labute approximate surface area is 147 Å². The molecule has 0 saturated heterocycles. The van der Waals surface area contributed by atoms with Crippen LogP contribution in [0.1, 0.15) is 6.92 Å². The lowest BCUT2D eigenvalue weighted by molar-refractivity contribution is -0.115. The fourth-order valence-electron chi connectivity index (χ4n) is 1.98. The first-order chi connectivity index (χ1) is 11.7. The third kappa shape index (κ3) is 3.95. The Morgan fingerprint density at radius 2 is 2.25 bits per heavy atom. The molecule has 6 nitrogen and oxygen atoms in total. The number of aromatic nitrogens is 3. The van der Waals surface area contributed by atoms with Gasteiger partial charge in [-0.3, -0.25) is 9.89 Å². The number of benzene rings is 1. The number of ether oxygens (including phenoxy) is 1. The molecule has 1 aromatic carbocycles. The Kier molecular flexibility index (Phi) is 5.17. The first-order valence-electron chi connectivity index (χ1n) is 7.23. The van der Waals surface area contributed by atoms with E-state index in [-0.39, 0.29) is 11.2 Å². The summed E-state index contributed by atoms with van der Waals surface area (Å²) in [6, 6.07) is 11.2. The molecule has 3 aromatic rings. The van der Waals surface area contributed by atoms with Gasteiger partial charge in [-0.25, -0.2) is 4.98 Å². The quantitative estimate of drug-likeness (QED) is 0.656. The van der Waals surface area contributed by atoms with Gasteiger partial charge in [0.05, 0.1) is 17.2 Å². The molecule has 0 unspecified atom stereocenters. The van der Waals surface area contributed by atoms with Gasteiger partial charge in [0.2, 0.25) is 11.1 Å². The number of thioether (sulfide) groups is 1. The second-order valence-electron chi connectivity index (χ2n) is 4.93. The summed E-state index contributed by atoms with van der Waals surface area (Å²) >= 11 is 2.89. The van der Waals surface area contributed by atoms with Gasteiger partial charge in [-0.15, -0.1) is 16.4 Å². The van der Waals surface area contributed by atoms with Gasteiger partial charge in [-0.05, 0) is 30.5 Å². The number of anilines is 1. The van der Waals surface area contributed by atoms with E-state index in [0.717, 1.165) is 4.88 Å². The zero-order chi connectivity index (χ0) is 16.9. The first-order valence-corrected chi connectivity index (χ1v) is 8.99. The van der Waals surface area contributed by atoms with Gasteiger partial charge in [-0.2, -0.15) is 0 Å². The maximum Gasteiger partial charge on any atom is 0.237 e. The number of H-pyrrole nitrogens is 1. The minimum Gasteiger partial charge on any atom is -0.497 e. The van der Waals surface area contributed by atoms with E-state index in [9.17, 15) is 4.79 Å². The van der Waals surface area contributed by atoms with E-state index in [1.807, 2.05) is 42.6 Å². The summed E-state index contributed by atoms with van der Waals surface area (Å²) in [5, 5.41) is 12.1. The summed E-state index contributed by atoms with van der Waals surface area (Å²) in [5.74, 6) is 1.30. The highest BCUT2D eigenvalue weighted by Crippen LogP contribution is 2.26. The van der Waals surface area contributed by atoms with Gasteiger partial charge in [0, 0.05) is 11.8 Å². The molecule has 0 aliphatic carbocycles. The number of carbonyl (C=O) groups is 1. The van der Waals surface area contributed by atoms with Gasteiger partial charge in [0.25, 0.3) is 0 Å². The molecule has 0 spiro atoms. The SMILES string of the molecule is COc1cccc(NC(=O)[C@H](C)Sc2n[nH]c(-c3cccs3)n2)c1. The molecule has 1 amide bonds. The van der Waals surface area contributed by atoms with Crippen molar-refractivity contribution in [3.63, 3.8) is 0 Å². The average Bonchev–Trinajstić information content (AvgIpc) is 3.26. The van der Waals surface area contributed by atoms with E-state index in [1.165, 1.54) is 11.8 Å². The number of nitrogens with zero attached hydrogens (tertiary/aromatic N) is 2. The number of methoxy groups -OCH3 is 1. The zero-order valence-corrected chi connectivity index (χ0v) is 14.8. The fraction of sp³-hybridized carbons (Fsp3) is 0.188. The number of nitrogens with one attached hydrogen (secondary N) is 2. The van der Waals surface area contributed by atoms with E-state index in [0.29, 0.717) is 22.4 Å². The molecule has 0 fully saturated rings. The van der Waals surface area contributed by atoms with Crippen LogP contribution in [-0.2, 0) is 4.79 Å². The molecule has 0 aliphatic heterocycles. The smallest absolute Gasteiger partial charge is 0.237 e. The van der Waals surface area contributed by atoms with Crippen molar-refractivity contribution in [1.82, 2.24) is 15.2 Å². The zero-order valence-electron chi connectivity index (χ0n) is 13.1. The van der Waals surface area contributed by atoms with Crippen LogP contribution in [-0.4, -0.2) is 33.4 Å². The number of thiophene rings is 1. The molecular weight excluding hydrogens is 344 g/mol. The molecule has 124 valence electrons. The van der Waals surface area contributed by atoms with Crippen LogP contribution in [0.5, 0.6) is 5.75 Å². The minimum atomic E-state index is -0.330. The molecule has 2 heterocycles. The third-order valence-corrected chi connectivity index (χ3v) is 5.05. The third-order valence-electron chi connectivity index (χ3n) is 3.21. The Hall–Kier alpha value is -2.32. The van der Waals surface area contributed by atoms with Crippen LogP contribution in [0.25, 0.3) is 10.7 Å². The molecule has 24 heavy (non-hydrogen) atoms. The number of hydrogen-bond acceptors (Lipinski definition) is 6. The number of aromatic amines is 1. The molecule has 2 N–H and O–H groups in total. The molecule has 0 bridgehead atoms. The second kappa shape index (κ2) is 7.50. The van der Waals surface area contributed by atoms with Crippen molar-refractivity contribution < 1.29 is 9.53 Å². The number of carbonyl (C=O) groups excluding carboxylic acids is 1. The standard InChI is InChI=1S/C16H16N4O2S2/c1-10(15(21)17-11-5-3-6-12(9-11)22-2)24-16-18-14(19-20-16)13-7-4-8-23-13/h3-10H,1-2H3,(H,17,21)(H,18,19,20)/t10-/m0/s1. The van der Waals surface area contributed by atoms with E-state index >= 15 is 0 Å². The predicted molar refractivity (Wildman–Crippen MR) is 96.6 cm³/mol. The van der Waals surface area contributed by atoms with Crippen LogP contribution in [0, 0.1) is 0 Å². The topological polar surface area (TPSA) is 79.9 Å². The van der Waals surface area contributed by atoms with Crippen LogP contribution in [0.3, 0.4) is 0 Å². The van der Waals surface area contributed by atoms with E-state index in [4.69, 9.17) is 4.74 Å². The summed E-state index contributed by atoms with van der Waals surface area (Å²) < 4.78 is 5.15. The van der Waals surface area contributed by atoms with Gasteiger partial charge < -0.3 is 10.1 Å². The lowest BCUT2D eigenvalue weighted by Gasteiger charge is -2.10. The van der Waals surface area contributed by atoms with E-state index in [1.54, 1.807) is 24.5 Å². The molecule has 0 radical (unpaired) electrons. The largest absolute Gasteiger partial charge is 0.497 e. The fourth-order valence-corrected chi connectivity index (χ4v) is 3.37. The molecule has 2 aromatic heterocycles. The summed E-state index contributed by atoms with van der Waals surface area (Å²) in [7, 11) is 1.59. The van der Waals surface area contributed by atoms with Crippen molar-refractivity contribution >= 4 is 34.7 Å². The molecule has 1 atom stereocenters. The highest BCUT2D eigenvalue weighted by atomic mass is 32.2. The summed E-state index contributed by atoms with van der Waals surface area (Å²) in [4.78, 5) is 17.7. The van der Waals surface area contributed by atoms with Crippen molar-refractivity contribution in [1.29, 1.82) is 0 Å². The Morgan fingerprint density at radius 1 is 1.38 bits per heavy atom. The average molecular weight is 360 g/mol. The summed E-state index contributed by atoms with van der Waals surface area (Å²) in [6.45, 7) is 1.82. The Bertz CT molecular complexity index is 817. The maximum absolute atomic E-state index is 12.3. The summed E-state index contributed by atoms with van der Waals surface area (Å²) in [5.41, 5.74) is 0.695. The predicted octanol–water partition coefficient (Wildman–Crippen LogP) is 3.66. The minimum absolute atomic E-state index is 0.115. The van der Waals surface area contributed by atoms with Gasteiger partial charge in [0.15, 0.2) is 5.82 Å². The maximum atomic E-state index is 12.3. The molecule has 0 saturated carbocycles.